The highest BCUT2D eigenvalue weighted by atomic mass is 35.5. The molecule has 6 nitrogen and oxygen atoms in total. The molecule has 2 aromatic rings. The van der Waals surface area contributed by atoms with Gasteiger partial charge < -0.3 is 29.5 Å². The van der Waals surface area contributed by atoms with Crippen LogP contribution in [0.15, 0.2) is 42.5 Å². The minimum Gasteiger partial charge on any atom is -0.488 e. The third kappa shape index (κ3) is 4.64. The maximum Gasteiger partial charge on any atom is 0.124 e. The molecule has 2 fully saturated rings. The van der Waals surface area contributed by atoms with Crippen LogP contribution in [0.4, 0.5) is 0 Å². The average molecular weight is 435 g/mol. The Morgan fingerprint density at radius 1 is 1.03 bits per heavy atom. The molecule has 2 aromatic carbocycles. The van der Waals surface area contributed by atoms with Gasteiger partial charge in [-0.1, -0.05) is 35.9 Å². The summed E-state index contributed by atoms with van der Waals surface area (Å²) >= 11 is 6.42. The number of hydrogen-bond acceptors (Lipinski definition) is 6. The third-order valence-corrected chi connectivity index (χ3v) is 6.13. The molecule has 0 aromatic heterocycles. The highest BCUT2D eigenvalue weighted by molar-refractivity contribution is 6.31. The summed E-state index contributed by atoms with van der Waals surface area (Å²) in [6.07, 6.45) is -3.33. The van der Waals surface area contributed by atoms with E-state index in [4.69, 9.17) is 25.8 Å². The Morgan fingerprint density at radius 2 is 1.80 bits per heavy atom. The first-order valence-electron chi connectivity index (χ1n) is 10.2. The van der Waals surface area contributed by atoms with Gasteiger partial charge in [0.1, 0.15) is 36.3 Å². The van der Waals surface area contributed by atoms with E-state index in [0.29, 0.717) is 23.6 Å². The first-order chi connectivity index (χ1) is 14.4. The zero-order valence-electron chi connectivity index (χ0n) is 16.8. The molecule has 4 rings (SSSR count). The van der Waals surface area contributed by atoms with Crippen molar-refractivity contribution in [1.29, 1.82) is 0 Å². The van der Waals surface area contributed by atoms with E-state index < -0.39 is 30.5 Å². The first-order valence-corrected chi connectivity index (χ1v) is 10.6. The van der Waals surface area contributed by atoms with Gasteiger partial charge in [0, 0.05) is 11.4 Å². The fraction of sp³-hybridized carbons (Fsp3) is 0.478. The molecule has 2 saturated heterocycles. The summed E-state index contributed by atoms with van der Waals surface area (Å²) in [6.45, 7) is 3.04. The van der Waals surface area contributed by atoms with E-state index >= 15 is 0 Å². The highest BCUT2D eigenvalue weighted by Crippen LogP contribution is 2.34. The van der Waals surface area contributed by atoms with Gasteiger partial charge in [0.05, 0.1) is 19.3 Å². The van der Waals surface area contributed by atoms with Crippen LogP contribution in [0, 0.1) is 0 Å². The van der Waals surface area contributed by atoms with Crippen LogP contribution in [0.3, 0.4) is 0 Å². The largest absolute Gasteiger partial charge is 0.488 e. The quantitative estimate of drug-likeness (QED) is 0.670. The molecule has 7 heteroatoms. The van der Waals surface area contributed by atoms with Gasteiger partial charge in [-0.25, -0.2) is 0 Å². The van der Waals surface area contributed by atoms with Crippen molar-refractivity contribution in [2.24, 2.45) is 0 Å². The van der Waals surface area contributed by atoms with Gasteiger partial charge in [-0.2, -0.15) is 0 Å². The van der Waals surface area contributed by atoms with Crippen molar-refractivity contribution >= 4 is 11.6 Å². The lowest BCUT2D eigenvalue weighted by molar-refractivity contribution is -0.219. The minimum absolute atomic E-state index is 0.111. The van der Waals surface area contributed by atoms with E-state index in [0.717, 1.165) is 29.9 Å². The molecule has 0 bridgehead atoms. The Kier molecular flexibility index (Phi) is 6.63. The number of rotatable bonds is 5. The van der Waals surface area contributed by atoms with Gasteiger partial charge in [-0.3, -0.25) is 0 Å². The van der Waals surface area contributed by atoms with E-state index in [1.54, 1.807) is 19.1 Å². The molecule has 0 radical (unpaired) electrons. The van der Waals surface area contributed by atoms with Crippen LogP contribution >= 0.6 is 11.6 Å². The van der Waals surface area contributed by atoms with E-state index in [9.17, 15) is 15.3 Å². The van der Waals surface area contributed by atoms with Crippen molar-refractivity contribution in [3.63, 3.8) is 0 Å². The Hall–Kier alpha value is -1.67. The van der Waals surface area contributed by atoms with Crippen LogP contribution in [0.1, 0.15) is 36.1 Å². The standard InChI is InChI=1S/C23H27ClO6/c1-13-20(25)21(26)22(27)23(29-13)15-4-7-19(24)16(11-15)10-14-2-5-17(6-3-14)30-18-8-9-28-12-18/h2-7,11,13,18,20-23,25-27H,8-10,12H2,1H3/t13?,18-,20?,21?,22?,23?/m0/s1. The number of aliphatic hydroxyl groups excluding tert-OH is 3. The highest BCUT2D eigenvalue weighted by Gasteiger charge is 2.42. The van der Waals surface area contributed by atoms with E-state index in [-0.39, 0.29) is 6.10 Å². The predicted octanol–water partition coefficient (Wildman–Crippen LogP) is 2.64. The number of hydrogen-bond donors (Lipinski definition) is 3. The minimum atomic E-state index is -1.27. The topological polar surface area (TPSA) is 88.4 Å². The molecule has 0 spiro atoms. The lowest BCUT2D eigenvalue weighted by Gasteiger charge is -2.39. The van der Waals surface area contributed by atoms with Crippen LogP contribution in [0.25, 0.3) is 0 Å². The summed E-state index contributed by atoms with van der Waals surface area (Å²) in [6, 6.07) is 13.3. The number of ether oxygens (including phenoxy) is 3. The van der Waals surface area contributed by atoms with Crippen molar-refractivity contribution in [2.75, 3.05) is 13.2 Å². The Balaban J connectivity index is 1.48. The molecule has 2 heterocycles. The van der Waals surface area contributed by atoms with E-state index in [1.165, 1.54) is 0 Å². The van der Waals surface area contributed by atoms with Gasteiger partial charge in [-0.05, 0) is 48.2 Å². The van der Waals surface area contributed by atoms with Crippen molar-refractivity contribution in [3.8, 4) is 5.75 Å². The SMILES string of the molecule is CC1OC(c2ccc(Cl)c(Cc3ccc(O[C@H]4CCOC4)cc3)c2)C(O)C(O)C1O. The third-order valence-electron chi connectivity index (χ3n) is 5.76. The normalized spacial score (nSPS) is 31.6. The predicted molar refractivity (Wildman–Crippen MR) is 112 cm³/mol. The van der Waals surface area contributed by atoms with Crippen LogP contribution in [0.2, 0.25) is 5.02 Å². The summed E-state index contributed by atoms with van der Waals surface area (Å²) in [7, 11) is 0. The first kappa shape index (κ1) is 21.6. The van der Waals surface area contributed by atoms with Gasteiger partial charge in [0.2, 0.25) is 0 Å². The fourth-order valence-corrected chi connectivity index (χ4v) is 4.12. The molecule has 0 saturated carbocycles. The van der Waals surface area contributed by atoms with E-state index in [1.807, 2.05) is 30.3 Å². The van der Waals surface area contributed by atoms with Crippen LogP contribution in [-0.2, 0) is 15.9 Å². The van der Waals surface area contributed by atoms with Crippen LogP contribution < -0.4 is 4.74 Å². The maximum atomic E-state index is 10.4. The molecule has 2 aliphatic rings. The smallest absolute Gasteiger partial charge is 0.124 e. The Morgan fingerprint density at radius 3 is 2.50 bits per heavy atom. The van der Waals surface area contributed by atoms with Crippen LogP contribution in [0.5, 0.6) is 5.75 Å². The number of halogens is 1. The monoisotopic (exact) mass is 434 g/mol. The summed E-state index contributed by atoms with van der Waals surface area (Å²) in [5, 5.41) is 31.0. The zero-order valence-corrected chi connectivity index (χ0v) is 17.5. The molecular weight excluding hydrogens is 408 g/mol. The second-order valence-electron chi connectivity index (χ2n) is 8.01. The number of aliphatic hydroxyl groups is 3. The lowest BCUT2D eigenvalue weighted by atomic mass is 9.90. The van der Waals surface area contributed by atoms with Crippen LogP contribution in [-0.4, -0.2) is 59.1 Å². The van der Waals surface area contributed by atoms with Gasteiger partial charge in [-0.15, -0.1) is 0 Å². The van der Waals surface area contributed by atoms with Gasteiger partial charge >= 0.3 is 0 Å². The second-order valence-corrected chi connectivity index (χ2v) is 8.42. The zero-order chi connectivity index (χ0) is 21.3. The molecule has 6 atom stereocenters. The average Bonchev–Trinajstić information content (AvgIpc) is 3.25. The summed E-state index contributed by atoms with van der Waals surface area (Å²) in [4.78, 5) is 0. The molecular formula is C23H27ClO6. The summed E-state index contributed by atoms with van der Waals surface area (Å²) in [5.41, 5.74) is 2.66. The molecule has 162 valence electrons. The summed E-state index contributed by atoms with van der Waals surface area (Å²) < 4.78 is 17.0. The summed E-state index contributed by atoms with van der Waals surface area (Å²) in [5.74, 6) is 0.814. The Bertz CT molecular complexity index is 851. The van der Waals surface area contributed by atoms with Gasteiger partial charge in [0.15, 0.2) is 0 Å². The van der Waals surface area contributed by atoms with Gasteiger partial charge in [0.25, 0.3) is 0 Å². The fourth-order valence-electron chi connectivity index (χ4n) is 3.94. The molecule has 5 unspecified atom stereocenters. The molecule has 0 amide bonds. The maximum absolute atomic E-state index is 10.4. The Labute approximate surface area is 181 Å². The van der Waals surface area contributed by atoms with E-state index in [2.05, 4.69) is 0 Å². The second kappa shape index (κ2) is 9.22. The molecule has 0 aliphatic carbocycles. The van der Waals surface area contributed by atoms with Crippen molar-refractivity contribution in [2.45, 2.75) is 56.4 Å². The molecule has 3 N–H and O–H groups in total. The number of benzene rings is 2. The van der Waals surface area contributed by atoms with Crippen molar-refractivity contribution in [3.05, 3.63) is 64.2 Å². The van der Waals surface area contributed by atoms with Crippen molar-refractivity contribution in [1.82, 2.24) is 0 Å². The lowest BCUT2D eigenvalue weighted by Crippen LogP contribution is -2.53. The molecule has 30 heavy (non-hydrogen) atoms. The molecule has 2 aliphatic heterocycles. The van der Waals surface area contributed by atoms with Crippen molar-refractivity contribution < 1.29 is 29.5 Å².